The zero-order chi connectivity index (χ0) is 20.7. The van der Waals surface area contributed by atoms with E-state index in [1.165, 1.54) is 6.20 Å². The predicted molar refractivity (Wildman–Crippen MR) is 114 cm³/mol. The Balaban J connectivity index is 2.25. The minimum absolute atomic E-state index is 0.0600. The van der Waals surface area contributed by atoms with E-state index >= 15 is 0 Å². The van der Waals surface area contributed by atoms with E-state index in [0.29, 0.717) is 18.7 Å². The van der Waals surface area contributed by atoms with Gasteiger partial charge in [-0.2, -0.15) is 0 Å². The number of nitrogens with zero attached hydrogens (tertiary/aromatic N) is 2. The molecule has 0 saturated carbocycles. The Bertz CT molecular complexity index is 819. The van der Waals surface area contributed by atoms with Crippen LogP contribution in [0.3, 0.4) is 0 Å². The van der Waals surface area contributed by atoms with E-state index in [-0.39, 0.29) is 22.9 Å². The smallest absolute Gasteiger partial charge is 0.274 e. The SMILES string of the molecule is CCCN(CCC)C(=O)c1ccnc(C(=O)Nc2ccccc2C(C)(C)C)c1. The van der Waals surface area contributed by atoms with Crippen LogP contribution in [0.4, 0.5) is 5.69 Å². The fourth-order valence-electron chi connectivity index (χ4n) is 3.16. The van der Waals surface area contributed by atoms with Crippen LogP contribution in [0.25, 0.3) is 0 Å². The van der Waals surface area contributed by atoms with Gasteiger partial charge in [-0.25, -0.2) is 0 Å². The van der Waals surface area contributed by atoms with Crippen molar-refractivity contribution in [3.63, 3.8) is 0 Å². The van der Waals surface area contributed by atoms with Crippen LogP contribution in [0.1, 0.15) is 73.9 Å². The lowest BCUT2D eigenvalue weighted by Crippen LogP contribution is -2.32. The van der Waals surface area contributed by atoms with Crippen molar-refractivity contribution < 1.29 is 9.59 Å². The van der Waals surface area contributed by atoms with Gasteiger partial charge in [-0.3, -0.25) is 14.6 Å². The first-order chi connectivity index (χ1) is 13.3. The lowest BCUT2D eigenvalue weighted by atomic mass is 9.86. The van der Waals surface area contributed by atoms with Crippen molar-refractivity contribution in [2.45, 2.75) is 52.9 Å². The Hall–Kier alpha value is -2.69. The van der Waals surface area contributed by atoms with E-state index in [1.54, 1.807) is 12.1 Å². The highest BCUT2D eigenvalue weighted by molar-refractivity contribution is 6.05. The van der Waals surface area contributed by atoms with Crippen LogP contribution in [-0.2, 0) is 5.41 Å². The highest BCUT2D eigenvalue weighted by atomic mass is 16.2. The number of carbonyl (C=O) groups excluding carboxylic acids is 2. The fraction of sp³-hybridized carbons (Fsp3) is 0.435. The minimum Gasteiger partial charge on any atom is -0.339 e. The molecular weight excluding hydrogens is 350 g/mol. The van der Waals surface area contributed by atoms with E-state index in [0.717, 1.165) is 24.1 Å². The molecule has 1 aromatic carbocycles. The molecule has 1 heterocycles. The molecule has 0 aliphatic carbocycles. The van der Waals surface area contributed by atoms with Gasteiger partial charge in [0.15, 0.2) is 0 Å². The topological polar surface area (TPSA) is 62.3 Å². The number of hydrogen-bond acceptors (Lipinski definition) is 3. The third-order valence-corrected chi connectivity index (χ3v) is 4.50. The largest absolute Gasteiger partial charge is 0.339 e. The van der Waals surface area contributed by atoms with Crippen molar-refractivity contribution in [2.24, 2.45) is 0 Å². The third-order valence-electron chi connectivity index (χ3n) is 4.50. The molecule has 1 N–H and O–H groups in total. The second kappa shape index (κ2) is 9.49. The first kappa shape index (κ1) is 21.6. The standard InChI is InChI=1S/C23H31N3O2/c1-6-14-26(15-7-2)22(28)17-12-13-24-20(16-17)21(27)25-19-11-9-8-10-18(19)23(3,4)5/h8-13,16H,6-7,14-15H2,1-5H3,(H,25,27). The number of pyridine rings is 1. The highest BCUT2D eigenvalue weighted by Gasteiger charge is 2.20. The molecular formula is C23H31N3O2. The monoisotopic (exact) mass is 381 g/mol. The Morgan fingerprint density at radius 2 is 1.68 bits per heavy atom. The van der Waals surface area contributed by atoms with Gasteiger partial charge < -0.3 is 10.2 Å². The number of rotatable bonds is 7. The Morgan fingerprint density at radius 1 is 1.04 bits per heavy atom. The number of aromatic nitrogens is 1. The van der Waals surface area contributed by atoms with Crippen molar-refractivity contribution in [2.75, 3.05) is 18.4 Å². The summed E-state index contributed by atoms with van der Waals surface area (Å²) >= 11 is 0. The molecule has 0 spiro atoms. The zero-order valence-electron chi connectivity index (χ0n) is 17.6. The summed E-state index contributed by atoms with van der Waals surface area (Å²) in [6.45, 7) is 11.8. The second-order valence-electron chi connectivity index (χ2n) is 7.97. The van der Waals surface area contributed by atoms with Gasteiger partial charge in [-0.05, 0) is 42.0 Å². The molecule has 5 nitrogen and oxygen atoms in total. The second-order valence-corrected chi connectivity index (χ2v) is 7.97. The number of anilines is 1. The van der Waals surface area contributed by atoms with E-state index in [2.05, 4.69) is 31.1 Å². The average Bonchev–Trinajstić information content (AvgIpc) is 2.67. The van der Waals surface area contributed by atoms with Gasteiger partial charge in [0.1, 0.15) is 5.69 Å². The molecule has 0 saturated heterocycles. The maximum atomic E-state index is 12.8. The van der Waals surface area contributed by atoms with Gasteiger partial charge in [-0.15, -0.1) is 0 Å². The number of para-hydroxylation sites is 1. The van der Waals surface area contributed by atoms with Crippen LogP contribution in [-0.4, -0.2) is 34.8 Å². The van der Waals surface area contributed by atoms with E-state index in [4.69, 9.17) is 0 Å². The van der Waals surface area contributed by atoms with Crippen LogP contribution in [0, 0.1) is 0 Å². The molecule has 0 bridgehead atoms. The molecule has 2 amide bonds. The zero-order valence-corrected chi connectivity index (χ0v) is 17.6. The van der Waals surface area contributed by atoms with E-state index in [9.17, 15) is 9.59 Å². The van der Waals surface area contributed by atoms with Gasteiger partial charge in [0.05, 0.1) is 0 Å². The summed E-state index contributed by atoms with van der Waals surface area (Å²) in [5.74, 6) is -0.376. The molecule has 2 aromatic rings. The molecule has 150 valence electrons. The minimum atomic E-state index is -0.316. The Labute approximate surface area is 168 Å². The molecule has 0 radical (unpaired) electrons. The number of hydrogen-bond donors (Lipinski definition) is 1. The molecule has 0 aliphatic rings. The molecule has 0 aliphatic heterocycles. The summed E-state index contributed by atoms with van der Waals surface area (Å²) in [5, 5.41) is 2.95. The first-order valence-electron chi connectivity index (χ1n) is 9.94. The van der Waals surface area contributed by atoms with Crippen LogP contribution in [0.5, 0.6) is 0 Å². The number of benzene rings is 1. The maximum Gasteiger partial charge on any atom is 0.274 e. The average molecular weight is 382 g/mol. The summed E-state index contributed by atoms with van der Waals surface area (Å²) in [6.07, 6.45) is 3.31. The van der Waals surface area contributed by atoms with Gasteiger partial charge in [0, 0.05) is 30.5 Å². The van der Waals surface area contributed by atoms with Crippen molar-refractivity contribution in [1.29, 1.82) is 0 Å². The summed E-state index contributed by atoms with van der Waals surface area (Å²) in [6, 6.07) is 11.0. The normalized spacial score (nSPS) is 11.2. The summed E-state index contributed by atoms with van der Waals surface area (Å²) in [4.78, 5) is 31.6. The summed E-state index contributed by atoms with van der Waals surface area (Å²) < 4.78 is 0. The number of carbonyl (C=O) groups is 2. The lowest BCUT2D eigenvalue weighted by molar-refractivity contribution is 0.0755. The van der Waals surface area contributed by atoms with Gasteiger partial charge in [-0.1, -0.05) is 52.8 Å². The molecule has 0 atom stereocenters. The van der Waals surface area contributed by atoms with Crippen LogP contribution < -0.4 is 5.32 Å². The van der Waals surface area contributed by atoms with Crippen LogP contribution in [0.15, 0.2) is 42.6 Å². The van der Waals surface area contributed by atoms with Gasteiger partial charge in [0.2, 0.25) is 0 Å². The number of nitrogens with one attached hydrogen (secondary N) is 1. The van der Waals surface area contributed by atoms with Crippen molar-refractivity contribution >= 4 is 17.5 Å². The Kier molecular flexibility index (Phi) is 7.32. The molecule has 1 aromatic heterocycles. The quantitative estimate of drug-likeness (QED) is 0.742. The van der Waals surface area contributed by atoms with E-state index in [1.807, 2.05) is 43.0 Å². The fourth-order valence-corrected chi connectivity index (χ4v) is 3.16. The predicted octanol–water partition coefficient (Wildman–Crippen LogP) is 4.89. The molecule has 0 unspecified atom stereocenters. The molecule has 5 heteroatoms. The number of amides is 2. The Morgan fingerprint density at radius 3 is 2.29 bits per heavy atom. The molecule has 28 heavy (non-hydrogen) atoms. The van der Waals surface area contributed by atoms with E-state index < -0.39 is 0 Å². The van der Waals surface area contributed by atoms with Crippen molar-refractivity contribution in [3.8, 4) is 0 Å². The first-order valence-corrected chi connectivity index (χ1v) is 9.94. The third kappa shape index (κ3) is 5.41. The summed E-state index contributed by atoms with van der Waals surface area (Å²) in [7, 11) is 0. The van der Waals surface area contributed by atoms with Crippen molar-refractivity contribution in [1.82, 2.24) is 9.88 Å². The molecule has 2 rings (SSSR count). The van der Waals surface area contributed by atoms with Crippen LogP contribution >= 0.6 is 0 Å². The lowest BCUT2D eigenvalue weighted by Gasteiger charge is -2.23. The molecule has 0 fully saturated rings. The highest BCUT2D eigenvalue weighted by Crippen LogP contribution is 2.29. The van der Waals surface area contributed by atoms with Gasteiger partial charge >= 0.3 is 0 Å². The van der Waals surface area contributed by atoms with Gasteiger partial charge in [0.25, 0.3) is 11.8 Å². The van der Waals surface area contributed by atoms with Crippen LogP contribution in [0.2, 0.25) is 0 Å². The maximum absolute atomic E-state index is 12.8. The summed E-state index contributed by atoms with van der Waals surface area (Å²) in [5.41, 5.74) is 2.44. The van der Waals surface area contributed by atoms with Crippen molar-refractivity contribution in [3.05, 3.63) is 59.4 Å².